The Kier molecular flexibility index (Phi) is 9.88. The molecule has 1 aliphatic rings. The van der Waals surface area contributed by atoms with Crippen LogP contribution in [-0.2, 0) is 22.1 Å². The van der Waals surface area contributed by atoms with Gasteiger partial charge in [0.2, 0.25) is 5.91 Å². The van der Waals surface area contributed by atoms with Gasteiger partial charge in [0.15, 0.2) is 11.5 Å². The minimum absolute atomic E-state index is 0.0685. The molecule has 1 unspecified atom stereocenters. The monoisotopic (exact) mass is 650 g/mol. The molecule has 1 aliphatic heterocycles. The molecule has 5 rings (SSSR count). The van der Waals surface area contributed by atoms with Crippen molar-refractivity contribution in [2.45, 2.75) is 51.8 Å². The van der Waals surface area contributed by atoms with Gasteiger partial charge in [-0.05, 0) is 69.5 Å². The number of alkyl halides is 3. The molecule has 47 heavy (non-hydrogen) atoms. The van der Waals surface area contributed by atoms with Crippen molar-refractivity contribution < 1.29 is 37.0 Å². The lowest BCUT2D eigenvalue weighted by molar-refractivity contribution is -0.137. The molecule has 0 aliphatic carbocycles. The van der Waals surface area contributed by atoms with Crippen molar-refractivity contribution in [2.24, 2.45) is 5.92 Å². The molecule has 0 spiro atoms. The number of amides is 2. The third-order valence-corrected chi connectivity index (χ3v) is 7.65. The highest BCUT2D eigenvalue weighted by Gasteiger charge is 2.30. The lowest BCUT2D eigenvalue weighted by Crippen LogP contribution is -2.44. The Hall–Kier alpha value is -4.87. The zero-order valence-electron chi connectivity index (χ0n) is 26.7. The summed E-state index contributed by atoms with van der Waals surface area (Å²) in [7, 11) is 1.56. The number of hydrogen-bond acceptors (Lipinski definition) is 7. The van der Waals surface area contributed by atoms with E-state index in [4.69, 9.17) is 14.2 Å². The minimum atomic E-state index is -4.43. The average Bonchev–Trinajstić information content (AvgIpc) is 3.02. The number of halogens is 3. The second-order valence-corrected chi connectivity index (χ2v) is 12.5. The summed E-state index contributed by atoms with van der Waals surface area (Å²) in [5, 5.41) is 3.52. The summed E-state index contributed by atoms with van der Waals surface area (Å²) < 4.78 is 55.9. The number of piperidine rings is 1. The summed E-state index contributed by atoms with van der Waals surface area (Å²) in [5.74, 6) is 0.807. The SMILES string of the molecule is COc1cc2ncnc(-c3ccc(NC(=O)Cc4ccc(C(F)(F)F)cc4)cc3)c2cc1OCC1CCCN(C(=O)OC(C)(C)C)C1. The predicted molar refractivity (Wildman–Crippen MR) is 171 cm³/mol. The predicted octanol–water partition coefficient (Wildman–Crippen LogP) is 7.53. The van der Waals surface area contributed by atoms with Crippen LogP contribution in [0.1, 0.15) is 44.7 Å². The van der Waals surface area contributed by atoms with Crippen LogP contribution in [0.4, 0.5) is 23.7 Å². The van der Waals surface area contributed by atoms with Crippen molar-refractivity contribution >= 4 is 28.6 Å². The Bertz CT molecular complexity index is 1720. The molecule has 248 valence electrons. The van der Waals surface area contributed by atoms with Gasteiger partial charge in [0.05, 0.1) is 36.9 Å². The van der Waals surface area contributed by atoms with Crippen LogP contribution < -0.4 is 14.8 Å². The van der Waals surface area contributed by atoms with Gasteiger partial charge in [-0.1, -0.05) is 24.3 Å². The first-order chi connectivity index (χ1) is 22.3. The average molecular weight is 651 g/mol. The summed E-state index contributed by atoms with van der Waals surface area (Å²) in [6, 6.07) is 15.2. The van der Waals surface area contributed by atoms with Crippen LogP contribution in [0.15, 0.2) is 67.0 Å². The second-order valence-electron chi connectivity index (χ2n) is 12.5. The van der Waals surface area contributed by atoms with Crippen molar-refractivity contribution in [1.29, 1.82) is 0 Å². The molecule has 0 radical (unpaired) electrons. The largest absolute Gasteiger partial charge is 0.493 e. The molecule has 4 aromatic rings. The second kappa shape index (κ2) is 13.9. The normalized spacial score (nSPS) is 15.3. The first-order valence-corrected chi connectivity index (χ1v) is 15.3. The first kappa shape index (κ1) is 33.5. The molecule has 2 heterocycles. The van der Waals surface area contributed by atoms with E-state index in [9.17, 15) is 22.8 Å². The number of ether oxygens (including phenoxy) is 3. The molecule has 1 N–H and O–H groups in total. The van der Waals surface area contributed by atoms with E-state index in [0.717, 1.165) is 35.9 Å². The number of rotatable bonds is 8. The number of benzene rings is 3. The number of anilines is 1. The molecule has 9 nitrogen and oxygen atoms in total. The van der Waals surface area contributed by atoms with E-state index >= 15 is 0 Å². The number of nitrogens with zero attached hydrogens (tertiary/aromatic N) is 3. The fourth-order valence-corrected chi connectivity index (χ4v) is 5.38. The third kappa shape index (κ3) is 8.69. The van der Waals surface area contributed by atoms with Gasteiger partial charge in [-0.25, -0.2) is 14.8 Å². The zero-order chi connectivity index (χ0) is 33.8. The highest BCUT2D eigenvalue weighted by molar-refractivity contribution is 5.95. The van der Waals surface area contributed by atoms with Crippen molar-refractivity contribution in [3.05, 3.63) is 78.1 Å². The molecule has 12 heteroatoms. The number of carbonyl (C=O) groups is 2. The van der Waals surface area contributed by atoms with Gasteiger partial charge in [-0.15, -0.1) is 0 Å². The maximum absolute atomic E-state index is 12.8. The zero-order valence-corrected chi connectivity index (χ0v) is 26.7. The highest BCUT2D eigenvalue weighted by atomic mass is 19.4. The molecule has 2 amide bonds. The fourth-order valence-electron chi connectivity index (χ4n) is 5.38. The molecule has 1 atom stereocenters. The lowest BCUT2D eigenvalue weighted by Gasteiger charge is -2.34. The maximum Gasteiger partial charge on any atom is 0.416 e. The number of likely N-dealkylation sites (tertiary alicyclic amines) is 1. The minimum Gasteiger partial charge on any atom is -0.493 e. The number of methoxy groups -OCH3 is 1. The van der Waals surface area contributed by atoms with Crippen LogP contribution in [0.25, 0.3) is 22.2 Å². The Balaban J connectivity index is 1.27. The summed E-state index contributed by atoms with van der Waals surface area (Å²) >= 11 is 0. The van der Waals surface area contributed by atoms with Crippen molar-refractivity contribution in [3.8, 4) is 22.8 Å². The molecule has 0 bridgehead atoms. The Morgan fingerprint density at radius 3 is 2.36 bits per heavy atom. The number of carbonyl (C=O) groups excluding carboxylic acids is 2. The van der Waals surface area contributed by atoms with Gasteiger partial charge in [0.1, 0.15) is 11.9 Å². The number of fused-ring (bicyclic) bond motifs is 1. The quantitative estimate of drug-likeness (QED) is 0.210. The van der Waals surface area contributed by atoms with E-state index in [0.29, 0.717) is 53.7 Å². The Morgan fingerprint density at radius 2 is 1.70 bits per heavy atom. The van der Waals surface area contributed by atoms with Gasteiger partial charge in [0, 0.05) is 41.7 Å². The van der Waals surface area contributed by atoms with Crippen LogP contribution in [0.2, 0.25) is 0 Å². The van der Waals surface area contributed by atoms with Crippen molar-refractivity contribution in [1.82, 2.24) is 14.9 Å². The van der Waals surface area contributed by atoms with Gasteiger partial charge in [-0.3, -0.25) is 4.79 Å². The summed E-state index contributed by atoms with van der Waals surface area (Å²) in [4.78, 5) is 35.8. The molecule has 1 fully saturated rings. The molecule has 1 aromatic heterocycles. The number of hydrogen-bond donors (Lipinski definition) is 1. The molecular formula is C35H37F3N4O5. The summed E-state index contributed by atoms with van der Waals surface area (Å²) in [6.45, 7) is 7.11. The fraction of sp³-hybridized carbons (Fsp3) is 0.371. The standard InChI is InChI=1S/C35H37F3N4O5/c1-34(2,3)47-33(44)42-15-5-6-23(19-42)20-46-30-17-27-28(18-29(30)45-4)39-21-40-32(27)24-9-13-26(14-10-24)41-31(43)16-22-7-11-25(12-8-22)35(36,37)38/h7-14,17-18,21,23H,5-6,15-16,19-20H2,1-4H3,(H,41,43). The van der Waals surface area contributed by atoms with Gasteiger partial charge in [0.25, 0.3) is 0 Å². The number of aromatic nitrogens is 2. The van der Waals surface area contributed by atoms with Gasteiger partial charge >= 0.3 is 12.3 Å². The van der Waals surface area contributed by atoms with Crippen molar-refractivity contribution in [3.63, 3.8) is 0 Å². The summed E-state index contributed by atoms with van der Waals surface area (Å²) in [6.07, 6.45) is -1.59. The maximum atomic E-state index is 12.8. The van der Waals surface area contributed by atoms with Crippen LogP contribution in [0, 0.1) is 5.92 Å². The molecular weight excluding hydrogens is 613 g/mol. The van der Waals surface area contributed by atoms with Gasteiger partial charge < -0.3 is 24.4 Å². The molecule has 0 saturated carbocycles. The molecule has 3 aromatic carbocycles. The Morgan fingerprint density at radius 1 is 0.979 bits per heavy atom. The van der Waals surface area contributed by atoms with E-state index in [1.54, 1.807) is 30.2 Å². The van der Waals surface area contributed by atoms with Gasteiger partial charge in [-0.2, -0.15) is 13.2 Å². The summed E-state index contributed by atoms with van der Waals surface area (Å²) in [5.41, 5.74) is 1.75. The molecule has 1 saturated heterocycles. The van der Waals surface area contributed by atoms with E-state index in [1.165, 1.54) is 18.5 Å². The number of nitrogens with one attached hydrogen (secondary N) is 1. The van der Waals surface area contributed by atoms with E-state index in [-0.39, 0.29) is 24.3 Å². The van der Waals surface area contributed by atoms with E-state index in [2.05, 4.69) is 15.3 Å². The van der Waals surface area contributed by atoms with Crippen LogP contribution in [0.3, 0.4) is 0 Å². The lowest BCUT2D eigenvalue weighted by atomic mass is 9.99. The first-order valence-electron chi connectivity index (χ1n) is 15.3. The third-order valence-electron chi connectivity index (χ3n) is 7.65. The van der Waals surface area contributed by atoms with E-state index in [1.807, 2.05) is 39.0 Å². The van der Waals surface area contributed by atoms with Crippen LogP contribution >= 0.6 is 0 Å². The van der Waals surface area contributed by atoms with Crippen LogP contribution in [0.5, 0.6) is 11.5 Å². The Labute approximate surface area is 271 Å². The topological polar surface area (TPSA) is 103 Å². The van der Waals surface area contributed by atoms with Crippen LogP contribution in [-0.4, -0.2) is 59.3 Å². The highest BCUT2D eigenvalue weighted by Crippen LogP contribution is 2.36. The smallest absolute Gasteiger partial charge is 0.416 e. The van der Waals surface area contributed by atoms with Crippen molar-refractivity contribution in [2.75, 3.05) is 32.1 Å². The van der Waals surface area contributed by atoms with E-state index < -0.39 is 17.3 Å².